The van der Waals surface area contributed by atoms with E-state index in [0.29, 0.717) is 17.7 Å². The molecule has 1 N–H and O–H groups in total. The van der Waals surface area contributed by atoms with Crippen molar-refractivity contribution in [1.29, 1.82) is 0 Å². The topological polar surface area (TPSA) is 24.5 Å². The van der Waals surface area contributed by atoms with Crippen molar-refractivity contribution in [3.05, 3.63) is 0 Å². The van der Waals surface area contributed by atoms with E-state index in [2.05, 4.69) is 38.2 Å². The number of rotatable bonds is 7. The lowest BCUT2D eigenvalue weighted by Gasteiger charge is -2.50. The van der Waals surface area contributed by atoms with Crippen LogP contribution in [-0.4, -0.2) is 49.8 Å². The van der Waals surface area contributed by atoms with Crippen molar-refractivity contribution in [2.24, 2.45) is 5.92 Å². The van der Waals surface area contributed by atoms with E-state index in [4.69, 9.17) is 4.74 Å². The minimum Gasteiger partial charge on any atom is -0.378 e. The molecule has 0 radical (unpaired) electrons. The van der Waals surface area contributed by atoms with E-state index in [1.165, 1.54) is 51.4 Å². The number of hydrogen-bond donors (Lipinski definition) is 1. The van der Waals surface area contributed by atoms with Gasteiger partial charge >= 0.3 is 0 Å². The Balaban J connectivity index is 2.01. The molecule has 0 spiro atoms. The van der Waals surface area contributed by atoms with Crippen molar-refractivity contribution in [3.8, 4) is 0 Å². The second-order valence-corrected chi connectivity index (χ2v) is 7.50. The van der Waals surface area contributed by atoms with Gasteiger partial charge in [-0.1, -0.05) is 13.8 Å². The maximum absolute atomic E-state index is 5.84. The lowest BCUT2D eigenvalue weighted by atomic mass is 9.70. The molecule has 0 bridgehead atoms. The Bertz CT molecular complexity index is 292. The molecule has 0 amide bonds. The van der Waals surface area contributed by atoms with Crippen molar-refractivity contribution in [3.63, 3.8) is 0 Å². The summed E-state index contributed by atoms with van der Waals surface area (Å²) in [5, 5.41) is 3.82. The average Bonchev–Trinajstić information content (AvgIpc) is 2.98. The van der Waals surface area contributed by atoms with Gasteiger partial charge < -0.3 is 15.0 Å². The molecule has 1 heterocycles. The maximum atomic E-state index is 5.84. The molecule has 2 rings (SSSR count). The van der Waals surface area contributed by atoms with Gasteiger partial charge in [-0.2, -0.15) is 0 Å². The van der Waals surface area contributed by atoms with Gasteiger partial charge in [-0.3, -0.25) is 0 Å². The number of ether oxygens (including phenoxy) is 1. The van der Waals surface area contributed by atoms with Gasteiger partial charge in [0.1, 0.15) is 0 Å². The molecule has 3 heteroatoms. The van der Waals surface area contributed by atoms with Crippen molar-refractivity contribution in [1.82, 2.24) is 10.2 Å². The minimum atomic E-state index is 0.348. The van der Waals surface area contributed by atoms with E-state index < -0.39 is 0 Å². The van der Waals surface area contributed by atoms with Gasteiger partial charge in [0.25, 0.3) is 0 Å². The molecule has 1 aliphatic heterocycles. The molecule has 3 nitrogen and oxygen atoms in total. The SMILES string of the molecule is CCNC(CCC1CCCO1)C1(N(C)C)CCC(C)CC1. The predicted octanol–water partition coefficient (Wildman–Crippen LogP) is 3.43. The van der Waals surface area contributed by atoms with Gasteiger partial charge in [-0.25, -0.2) is 0 Å². The van der Waals surface area contributed by atoms with Crippen LogP contribution in [0.25, 0.3) is 0 Å². The monoisotopic (exact) mass is 296 g/mol. The summed E-state index contributed by atoms with van der Waals surface area (Å²) in [5.74, 6) is 0.901. The van der Waals surface area contributed by atoms with Crippen molar-refractivity contribution in [2.45, 2.75) is 82.9 Å². The molecule has 124 valence electrons. The largest absolute Gasteiger partial charge is 0.378 e. The molecule has 1 aliphatic carbocycles. The highest BCUT2D eigenvalue weighted by atomic mass is 16.5. The number of likely N-dealkylation sites (N-methyl/N-ethyl adjacent to an activating group) is 2. The molecule has 0 aromatic carbocycles. The van der Waals surface area contributed by atoms with Crippen LogP contribution in [0.4, 0.5) is 0 Å². The van der Waals surface area contributed by atoms with Gasteiger partial charge in [0.15, 0.2) is 0 Å². The molecule has 2 atom stereocenters. The quantitative estimate of drug-likeness (QED) is 0.779. The summed E-state index contributed by atoms with van der Waals surface area (Å²) >= 11 is 0. The molecule has 2 unspecified atom stereocenters. The van der Waals surface area contributed by atoms with Gasteiger partial charge in [-0.05, 0) is 77.9 Å². The van der Waals surface area contributed by atoms with Crippen LogP contribution in [0.3, 0.4) is 0 Å². The summed E-state index contributed by atoms with van der Waals surface area (Å²) in [5.41, 5.74) is 0.348. The van der Waals surface area contributed by atoms with Crippen LogP contribution in [0, 0.1) is 5.92 Å². The van der Waals surface area contributed by atoms with Crippen LogP contribution >= 0.6 is 0 Å². The molecule has 2 fully saturated rings. The zero-order valence-corrected chi connectivity index (χ0v) is 14.7. The second kappa shape index (κ2) is 7.94. The molecule has 2 aliphatic rings. The smallest absolute Gasteiger partial charge is 0.0576 e. The highest BCUT2D eigenvalue weighted by Gasteiger charge is 2.42. The van der Waals surface area contributed by atoms with Crippen LogP contribution < -0.4 is 5.32 Å². The third-order valence-electron chi connectivity index (χ3n) is 5.93. The molecule has 0 aromatic heterocycles. The zero-order chi connectivity index (χ0) is 15.3. The van der Waals surface area contributed by atoms with Crippen LogP contribution in [0.2, 0.25) is 0 Å². The van der Waals surface area contributed by atoms with Crippen molar-refractivity contribution >= 4 is 0 Å². The van der Waals surface area contributed by atoms with Crippen LogP contribution in [0.5, 0.6) is 0 Å². The van der Waals surface area contributed by atoms with E-state index in [1.807, 2.05) is 0 Å². The number of nitrogens with zero attached hydrogens (tertiary/aromatic N) is 1. The Morgan fingerprint density at radius 1 is 1.24 bits per heavy atom. The molecule has 1 saturated heterocycles. The Kier molecular flexibility index (Phi) is 6.51. The summed E-state index contributed by atoms with van der Waals surface area (Å²) in [6.07, 6.45) is 11.0. The number of nitrogens with one attached hydrogen (secondary N) is 1. The third-order valence-corrected chi connectivity index (χ3v) is 5.93. The maximum Gasteiger partial charge on any atom is 0.0576 e. The molecule has 21 heavy (non-hydrogen) atoms. The fraction of sp³-hybridized carbons (Fsp3) is 1.00. The summed E-state index contributed by atoms with van der Waals surface area (Å²) < 4.78 is 5.84. The minimum absolute atomic E-state index is 0.348. The summed E-state index contributed by atoms with van der Waals surface area (Å²) in [4.78, 5) is 2.52. The lowest BCUT2D eigenvalue weighted by Crippen LogP contribution is -2.60. The van der Waals surface area contributed by atoms with Crippen LogP contribution in [0.15, 0.2) is 0 Å². The zero-order valence-electron chi connectivity index (χ0n) is 14.7. The van der Waals surface area contributed by atoms with Gasteiger partial charge in [-0.15, -0.1) is 0 Å². The van der Waals surface area contributed by atoms with Crippen LogP contribution in [0.1, 0.15) is 65.2 Å². The van der Waals surface area contributed by atoms with Gasteiger partial charge in [0, 0.05) is 18.2 Å². The standard InChI is InChI=1S/C18H36N2O/c1-5-19-17(9-8-16-7-6-14-21-16)18(20(3)4)12-10-15(2)11-13-18/h15-17,19H,5-14H2,1-4H3. The highest BCUT2D eigenvalue weighted by molar-refractivity contribution is 5.01. The van der Waals surface area contributed by atoms with Crippen molar-refractivity contribution in [2.75, 3.05) is 27.2 Å². The van der Waals surface area contributed by atoms with Gasteiger partial charge in [0.2, 0.25) is 0 Å². The van der Waals surface area contributed by atoms with E-state index in [1.54, 1.807) is 0 Å². The molecule has 0 aromatic rings. The first kappa shape index (κ1) is 17.2. The first-order valence-corrected chi connectivity index (χ1v) is 9.11. The average molecular weight is 296 g/mol. The normalized spacial score (nSPS) is 35.3. The number of hydrogen-bond acceptors (Lipinski definition) is 3. The summed E-state index contributed by atoms with van der Waals surface area (Å²) in [6.45, 7) is 6.70. The third kappa shape index (κ3) is 4.20. The first-order chi connectivity index (χ1) is 10.1. The van der Waals surface area contributed by atoms with E-state index in [0.717, 1.165) is 19.1 Å². The predicted molar refractivity (Wildman–Crippen MR) is 89.7 cm³/mol. The highest BCUT2D eigenvalue weighted by Crippen LogP contribution is 2.39. The fourth-order valence-electron chi connectivity index (χ4n) is 4.40. The van der Waals surface area contributed by atoms with Gasteiger partial charge in [0.05, 0.1) is 6.10 Å². The molecular formula is C18H36N2O. The Morgan fingerprint density at radius 3 is 2.48 bits per heavy atom. The Hall–Kier alpha value is -0.120. The fourth-order valence-corrected chi connectivity index (χ4v) is 4.40. The molecule has 1 saturated carbocycles. The first-order valence-electron chi connectivity index (χ1n) is 9.11. The second-order valence-electron chi connectivity index (χ2n) is 7.50. The summed E-state index contributed by atoms with van der Waals surface area (Å²) in [7, 11) is 4.57. The van der Waals surface area contributed by atoms with E-state index >= 15 is 0 Å². The Labute approximate surface area is 131 Å². The summed E-state index contributed by atoms with van der Waals surface area (Å²) in [6, 6.07) is 0.606. The van der Waals surface area contributed by atoms with Crippen molar-refractivity contribution < 1.29 is 4.74 Å². The molecular weight excluding hydrogens is 260 g/mol. The lowest BCUT2D eigenvalue weighted by molar-refractivity contribution is 0.0311. The van der Waals surface area contributed by atoms with E-state index in [-0.39, 0.29) is 0 Å². The Morgan fingerprint density at radius 2 is 1.95 bits per heavy atom. The van der Waals surface area contributed by atoms with Crippen LogP contribution in [-0.2, 0) is 4.74 Å². The van der Waals surface area contributed by atoms with E-state index in [9.17, 15) is 0 Å².